The first kappa shape index (κ1) is 20.5. The van der Waals surface area contributed by atoms with Crippen molar-refractivity contribution in [1.82, 2.24) is 10.2 Å². The van der Waals surface area contributed by atoms with Crippen LogP contribution in [0.4, 0.5) is 0 Å². The van der Waals surface area contributed by atoms with Crippen LogP contribution in [0.15, 0.2) is 77.2 Å². The summed E-state index contributed by atoms with van der Waals surface area (Å²) >= 11 is 0. The van der Waals surface area contributed by atoms with Crippen LogP contribution in [0, 0.1) is 0 Å². The molecule has 2 heterocycles. The van der Waals surface area contributed by atoms with E-state index in [4.69, 9.17) is 13.9 Å². The van der Waals surface area contributed by atoms with E-state index in [1.165, 1.54) is 0 Å². The first-order valence-corrected chi connectivity index (χ1v) is 10.9. The van der Waals surface area contributed by atoms with Crippen molar-refractivity contribution in [2.75, 3.05) is 39.5 Å². The predicted octanol–water partition coefficient (Wildman–Crippen LogP) is 4.15. The maximum atomic E-state index is 12.8. The van der Waals surface area contributed by atoms with Crippen molar-refractivity contribution in [2.24, 2.45) is 0 Å². The Bertz CT molecular complexity index is 1200. The number of para-hydroxylation sites is 1. The number of carbonyl (C=O) groups is 1. The molecule has 164 valence electrons. The minimum Gasteiger partial charge on any atom is -0.484 e. The number of furan rings is 1. The number of nitrogens with zero attached hydrogens (tertiary/aromatic N) is 1. The van der Waals surface area contributed by atoms with Gasteiger partial charge in [-0.15, -0.1) is 0 Å². The highest BCUT2D eigenvalue weighted by Crippen LogP contribution is 2.31. The Morgan fingerprint density at radius 3 is 2.53 bits per heavy atom. The van der Waals surface area contributed by atoms with Gasteiger partial charge in [0.15, 0.2) is 6.61 Å². The molecule has 1 aliphatic rings. The molecule has 1 atom stereocenters. The van der Waals surface area contributed by atoms with E-state index in [-0.39, 0.29) is 18.6 Å². The molecule has 3 aromatic carbocycles. The molecule has 0 bridgehead atoms. The van der Waals surface area contributed by atoms with Crippen LogP contribution in [-0.4, -0.2) is 50.3 Å². The lowest BCUT2D eigenvalue weighted by atomic mass is 10.1. The maximum Gasteiger partial charge on any atom is 0.258 e. The smallest absolute Gasteiger partial charge is 0.258 e. The third-order valence-electron chi connectivity index (χ3n) is 5.80. The second kappa shape index (κ2) is 9.42. The van der Waals surface area contributed by atoms with Gasteiger partial charge in [0.1, 0.15) is 16.9 Å². The first-order chi connectivity index (χ1) is 15.8. The molecule has 6 heteroatoms. The molecule has 5 rings (SSSR count). The summed E-state index contributed by atoms with van der Waals surface area (Å²) in [5, 5.41) is 5.16. The van der Waals surface area contributed by atoms with Gasteiger partial charge < -0.3 is 19.2 Å². The number of carbonyl (C=O) groups excluding carboxylic acids is 1. The predicted molar refractivity (Wildman–Crippen MR) is 124 cm³/mol. The lowest BCUT2D eigenvalue weighted by molar-refractivity contribution is -0.124. The molecule has 0 saturated carbocycles. The molecule has 1 fully saturated rings. The van der Waals surface area contributed by atoms with Crippen LogP contribution < -0.4 is 10.1 Å². The molecule has 6 nitrogen and oxygen atoms in total. The zero-order chi connectivity index (χ0) is 21.8. The summed E-state index contributed by atoms with van der Waals surface area (Å²) in [7, 11) is 0. The summed E-state index contributed by atoms with van der Waals surface area (Å²) in [4.78, 5) is 15.1. The van der Waals surface area contributed by atoms with E-state index in [1.54, 1.807) is 0 Å². The minimum atomic E-state index is -0.149. The van der Waals surface area contributed by atoms with Crippen LogP contribution in [0.1, 0.15) is 11.6 Å². The maximum absolute atomic E-state index is 12.8. The van der Waals surface area contributed by atoms with E-state index in [2.05, 4.69) is 10.2 Å². The Labute approximate surface area is 186 Å². The van der Waals surface area contributed by atoms with Gasteiger partial charge in [0.2, 0.25) is 0 Å². The summed E-state index contributed by atoms with van der Waals surface area (Å²) in [6, 6.07) is 23.5. The van der Waals surface area contributed by atoms with Crippen LogP contribution in [0.3, 0.4) is 0 Å². The minimum absolute atomic E-state index is 0.0479. The molecule has 1 N–H and O–H groups in total. The Balaban J connectivity index is 1.26. The van der Waals surface area contributed by atoms with Crippen molar-refractivity contribution < 1.29 is 18.7 Å². The van der Waals surface area contributed by atoms with Crippen molar-refractivity contribution in [2.45, 2.75) is 6.04 Å². The number of hydrogen-bond acceptors (Lipinski definition) is 5. The number of morpholine rings is 1. The number of amides is 1. The number of rotatable bonds is 7. The fourth-order valence-corrected chi connectivity index (χ4v) is 4.14. The second-order valence-corrected chi connectivity index (χ2v) is 7.99. The highest BCUT2D eigenvalue weighted by Gasteiger charge is 2.20. The third kappa shape index (κ3) is 4.61. The zero-order valence-corrected chi connectivity index (χ0v) is 17.8. The average Bonchev–Trinajstić information content (AvgIpc) is 3.21. The highest BCUT2D eigenvalue weighted by atomic mass is 16.5. The van der Waals surface area contributed by atoms with E-state index in [9.17, 15) is 4.79 Å². The fraction of sp³-hybridized carbons (Fsp3) is 0.269. The summed E-state index contributed by atoms with van der Waals surface area (Å²) in [6.45, 7) is 3.88. The third-order valence-corrected chi connectivity index (χ3v) is 5.80. The van der Waals surface area contributed by atoms with E-state index in [0.717, 1.165) is 60.3 Å². The Hall–Kier alpha value is -3.35. The number of nitrogens with one attached hydrogen (secondary N) is 1. The van der Waals surface area contributed by atoms with Gasteiger partial charge in [0, 0.05) is 30.4 Å². The Morgan fingerprint density at radius 1 is 0.938 bits per heavy atom. The first-order valence-electron chi connectivity index (χ1n) is 10.9. The van der Waals surface area contributed by atoms with Crippen molar-refractivity contribution in [3.63, 3.8) is 0 Å². The lowest BCUT2D eigenvalue weighted by Crippen LogP contribution is -2.44. The molecule has 1 aliphatic heterocycles. The SMILES string of the molecule is O=C(COc1ccc2oc3ccccc3c2c1)N[C@H](CN1CCOCC1)c1ccccc1. The van der Waals surface area contributed by atoms with Crippen LogP contribution in [-0.2, 0) is 9.53 Å². The quantitative estimate of drug-likeness (QED) is 0.477. The molecule has 0 radical (unpaired) electrons. The van der Waals surface area contributed by atoms with Gasteiger partial charge in [0.05, 0.1) is 19.3 Å². The molecular weight excluding hydrogens is 404 g/mol. The molecular formula is C26H26N2O4. The van der Waals surface area contributed by atoms with Gasteiger partial charge in [-0.3, -0.25) is 9.69 Å². The van der Waals surface area contributed by atoms with E-state index in [1.807, 2.05) is 72.8 Å². The van der Waals surface area contributed by atoms with Crippen molar-refractivity contribution in [1.29, 1.82) is 0 Å². The van der Waals surface area contributed by atoms with Crippen LogP contribution in [0.2, 0.25) is 0 Å². The Kier molecular flexibility index (Phi) is 6.05. The van der Waals surface area contributed by atoms with E-state index in [0.29, 0.717) is 5.75 Å². The number of hydrogen-bond donors (Lipinski definition) is 1. The standard InChI is InChI=1S/C26H26N2O4/c29-26(27-23(19-6-2-1-3-7-19)17-28-12-14-30-15-13-28)18-31-20-10-11-25-22(16-20)21-8-4-5-9-24(21)32-25/h1-11,16,23H,12-15,17-18H2,(H,27,29)/t23-/m1/s1. The van der Waals surface area contributed by atoms with Gasteiger partial charge in [-0.2, -0.15) is 0 Å². The summed E-state index contributed by atoms with van der Waals surface area (Å²) in [5.41, 5.74) is 2.72. The molecule has 32 heavy (non-hydrogen) atoms. The fourth-order valence-electron chi connectivity index (χ4n) is 4.14. The van der Waals surface area contributed by atoms with Crippen LogP contribution in [0.25, 0.3) is 21.9 Å². The van der Waals surface area contributed by atoms with Gasteiger partial charge in [-0.05, 0) is 29.8 Å². The zero-order valence-electron chi connectivity index (χ0n) is 17.8. The summed E-state index contributed by atoms with van der Waals surface area (Å²) < 4.78 is 17.1. The largest absolute Gasteiger partial charge is 0.484 e. The van der Waals surface area contributed by atoms with Gasteiger partial charge >= 0.3 is 0 Å². The van der Waals surface area contributed by atoms with Crippen molar-refractivity contribution >= 4 is 27.8 Å². The van der Waals surface area contributed by atoms with Crippen molar-refractivity contribution in [3.05, 3.63) is 78.4 Å². The molecule has 1 saturated heterocycles. The second-order valence-electron chi connectivity index (χ2n) is 7.99. The average molecular weight is 431 g/mol. The summed E-state index contributed by atoms with van der Waals surface area (Å²) in [5.74, 6) is 0.493. The van der Waals surface area contributed by atoms with E-state index < -0.39 is 0 Å². The lowest BCUT2D eigenvalue weighted by Gasteiger charge is -2.31. The Morgan fingerprint density at radius 2 is 1.69 bits per heavy atom. The molecule has 1 amide bonds. The summed E-state index contributed by atoms with van der Waals surface area (Å²) in [6.07, 6.45) is 0. The van der Waals surface area contributed by atoms with Crippen LogP contribution in [0.5, 0.6) is 5.75 Å². The highest BCUT2D eigenvalue weighted by molar-refractivity contribution is 6.05. The van der Waals surface area contributed by atoms with Crippen LogP contribution >= 0.6 is 0 Å². The van der Waals surface area contributed by atoms with Gasteiger partial charge in [-0.25, -0.2) is 0 Å². The van der Waals surface area contributed by atoms with Crippen molar-refractivity contribution in [3.8, 4) is 5.75 Å². The topological polar surface area (TPSA) is 63.9 Å². The molecule has 0 spiro atoms. The number of benzene rings is 3. The molecule has 0 aliphatic carbocycles. The number of ether oxygens (including phenoxy) is 2. The number of fused-ring (bicyclic) bond motifs is 3. The molecule has 4 aromatic rings. The van der Waals surface area contributed by atoms with E-state index >= 15 is 0 Å². The van der Waals surface area contributed by atoms with Gasteiger partial charge in [0.25, 0.3) is 5.91 Å². The molecule has 1 aromatic heterocycles. The molecule has 0 unspecified atom stereocenters. The monoisotopic (exact) mass is 430 g/mol. The normalized spacial score (nSPS) is 15.6. The van der Waals surface area contributed by atoms with Gasteiger partial charge in [-0.1, -0.05) is 48.5 Å².